The summed E-state index contributed by atoms with van der Waals surface area (Å²) in [5.74, 6) is 2.07. The minimum Gasteiger partial charge on any atom is -0.491 e. The van der Waals surface area contributed by atoms with Gasteiger partial charge in [-0.15, -0.1) is 0 Å². The second-order valence-corrected chi connectivity index (χ2v) is 6.60. The van der Waals surface area contributed by atoms with Crippen molar-refractivity contribution in [2.45, 2.75) is 26.9 Å². The second-order valence-electron chi connectivity index (χ2n) is 6.17. The number of aromatic nitrogens is 2. The Hall–Kier alpha value is -2.79. The Morgan fingerprint density at radius 1 is 0.885 bits per heavy atom. The number of hydrogen-bond donors (Lipinski definition) is 2. The summed E-state index contributed by atoms with van der Waals surface area (Å²) in [6.45, 7) is 5.93. The van der Waals surface area contributed by atoms with Crippen LogP contribution in [0.3, 0.4) is 0 Å². The van der Waals surface area contributed by atoms with Gasteiger partial charge in [-0.1, -0.05) is 11.6 Å². The Morgan fingerprint density at radius 2 is 1.50 bits per heavy atom. The summed E-state index contributed by atoms with van der Waals surface area (Å²) in [6, 6.07) is 17.1. The van der Waals surface area contributed by atoms with Crippen molar-refractivity contribution in [1.29, 1.82) is 0 Å². The van der Waals surface area contributed by atoms with Gasteiger partial charge in [0.15, 0.2) is 0 Å². The summed E-state index contributed by atoms with van der Waals surface area (Å²) < 4.78 is 5.65. The summed E-state index contributed by atoms with van der Waals surface area (Å²) in [5.41, 5.74) is 2.66. The largest absolute Gasteiger partial charge is 0.491 e. The normalized spacial score (nSPS) is 10.7. The number of ether oxygens (including phenoxy) is 1. The fraction of sp³-hybridized carbons (Fsp3) is 0.200. The predicted octanol–water partition coefficient (Wildman–Crippen LogP) is 5.71. The third-order valence-corrected chi connectivity index (χ3v) is 3.71. The van der Waals surface area contributed by atoms with Gasteiger partial charge in [-0.3, -0.25) is 0 Å². The molecule has 0 spiro atoms. The maximum Gasteiger partial charge on any atom is 0.229 e. The van der Waals surface area contributed by atoms with Gasteiger partial charge in [-0.2, -0.15) is 4.98 Å². The van der Waals surface area contributed by atoms with Gasteiger partial charge >= 0.3 is 0 Å². The predicted molar refractivity (Wildman–Crippen MR) is 107 cm³/mol. The molecule has 0 aliphatic heterocycles. The summed E-state index contributed by atoms with van der Waals surface area (Å²) in [6.07, 6.45) is 0.149. The Labute approximate surface area is 158 Å². The fourth-order valence-electron chi connectivity index (χ4n) is 2.39. The van der Waals surface area contributed by atoms with Crippen molar-refractivity contribution in [2.24, 2.45) is 0 Å². The number of nitrogens with one attached hydrogen (secondary N) is 2. The molecule has 0 aliphatic rings. The van der Waals surface area contributed by atoms with E-state index < -0.39 is 0 Å². The molecule has 26 heavy (non-hydrogen) atoms. The molecular formula is C20H21ClN4O. The van der Waals surface area contributed by atoms with Crippen molar-refractivity contribution in [2.75, 3.05) is 10.6 Å². The van der Waals surface area contributed by atoms with Crippen molar-refractivity contribution in [3.63, 3.8) is 0 Å². The van der Waals surface area contributed by atoms with Crippen LogP contribution in [0.25, 0.3) is 0 Å². The Balaban J connectivity index is 1.73. The first-order valence-electron chi connectivity index (χ1n) is 8.40. The first-order valence-corrected chi connectivity index (χ1v) is 8.78. The minimum absolute atomic E-state index is 0.149. The molecule has 3 aromatic rings. The molecule has 1 aromatic heterocycles. The Kier molecular flexibility index (Phi) is 5.58. The van der Waals surface area contributed by atoms with Gasteiger partial charge in [0.2, 0.25) is 5.95 Å². The number of halogens is 1. The van der Waals surface area contributed by atoms with Crippen molar-refractivity contribution >= 4 is 34.7 Å². The maximum absolute atomic E-state index is 5.92. The van der Waals surface area contributed by atoms with Gasteiger partial charge in [0.05, 0.1) is 6.10 Å². The molecule has 1 heterocycles. The van der Waals surface area contributed by atoms with E-state index in [1.807, 2.05) is 75.4 Å². The molecule has 2 aromatic carbocycles. The van der Waals surface area contributed by atoms with Crippen LogP contribution in [0.4, 0.5) is 23.1 Å². The van der Waals surface area contributed by atoms with Gasteiger partial charge < -0.3 is 15.4 Å². The molecule has 5 nitrogen and oxygen atoms in total. The van der Waals surface area contributed by atoms with Crippen LogP contribution in [0, 0.1) is 6.92 Å². The lowest BCUT2D eigenvalue weighted by atomic mass is 10.3. The SMILES string of the molecule is Cc1cc(Nc2ccc(Cl)cc2)nc(Nc2ccc(OC(C)C)cc2)n1. The van der Waals surface area contributed by atoms with E-state index >= 15 is 0 Å². The first kappa shape index (κ1) is 18.0. The molecule has 0 fully saturated rings. The molecule has 6 heteroatoms. The number of anilines is 4. The highest BCUT2D eigenvalue weighted by Crippen LogP contribution is 2.22. The summed E-state index contributed by atoms with van der Waals surface area (Å²) >= 11 is 5.92. The Bertz CT molecular complexity index is 864. The fourth-order valence-corrected chi connectivity index (χ4v) is 2.51. The standard InChI is InChI=1S/C20H21ClN4O/c1-13(2)26-18-10-8-17(9-11-18)24-20-22-14(3)12-19(25-20)23-16-6-4-15(21)5-7-16/h4-13H,1-3H3,(H2,22,23,24,25). The molecule has 0 amide bonds. The zero-order chi connectivity index (χ0) is 18.5. The lowest BCUT2D eigenvalue weighted by Crippen LogP contribution is -2.05. The molecule has 134 valence electrons. The van der Waals surface area contributed by atoms with Crippen LogP contribution in [-0.4, -0.2) is 16.1 Å². The van der Waals surface area contributed by atoms with Crippen LogP contribution < -0.4 is 15.4 Å². The third kappa shape index (κ3) is 5.10. The van der Waals surface area contributed by atoms with E-state index in [9.17, 15) is 0 Å². The summed E-state index contributed by atoms with van der Waals surface area (Å²) in [4.78, 5) is 8.96. The average molecular weight is 369 g/mol. The van der Waals surface area contributed by atoms with E-state index in [0.717, 1.165) is 22.8 Å². The number of aryl methyl sites for hydroxylation is 1. The molecular weight excluding hydrogens is 348 g/mol. The summed E-state index contributed by atoms with van der Waals surface area (Å²) in [5, 5.41) is 7.18. The third-order valence-electron chi connectivity index (χ3n) is 3.45. The second kappa shape index (κ2) is 8.06. The number of rotatable bonds is 6. The van der Waals surface area contributed by atoms with E-state index in [1.54, 1.807) is 0 Å². The number of benzene rings is 2. The molecule has 3 rings (SSSR count). The van der Waals surface area contributed by atoms with Gasteiger partial charge in [-0.05, 0) is 69.3 Å². The van der Waals surface area contributed by atoms with Crippen LogP contribution in [0.15, 0.2) is 54.6 Å². The van der Waals surface area contributed by atoms with E-state index in [-0.39, 0.29) is 6.10 Å². The van der Waals surface area contributed by atoms with Gasteiger partial charge in [-0.25, -0.2) is 4.98 Å². The average Bonchev–Trinajstić information content (AvgIpc) is 2.58. The van der Waals surface area contributed by atoms with Crippen LogP contribution in [0.1, 0.15) is 19.5 Å². The highest BCUT2D eigenvalue weighted by atomic mass is 35.5. The van der Waals surface area contributed by atoms with E-state index in [1.165, 1.54) is 0 Å². The van der Waals surface area contributed by atoms with E-state index in [2.05, 4.69) is 20.6 Å². The lowest BCUT2D eigenvalue weighted by molar-refractivity contribution is 0.242. The van der Waals surface area contributed by atoms with Crippen LogP contribution in [0.5, 0.6) is 5.75 Å². The molecule has 0 saturated heterocycles. The van der Waals surface area contributed by atoms with E-state index in [0.29, 0.717) is 16.8 Å². The smallest absolute Gasteiger partial charge is 0.229 e. The van der Waals surface area contributed by atoms with Gasteiger partial charge in [0.25, 0.3) is 0 Å². The van der Waals surface area contributed by atoms with Crippen LogP contribution in [0.2, 0.25) is 5.02 Å². The van der Waals surface area contributed by atoms with Crippen molar-refractivity contribution in [3.8, 4) is 5.75 Å². The quantitative estimate of drug-likeness (QED) is 0.583. The van der Waals surface area contributed by atoms with Crippen LogP contribution >= 0.6 is 11.6 Å². The highest BCUT2D eigenvalue weighted by Gasteiger charge is 2.05. The van der Waals surface area contributed by atoms with Crippen molar-refractivity contribution in [3.05, 3.63) is 65.3 Å². The maximum atomic E-state index is 5.92. The first-order chi connectivity index (χ1) is 12.5. The van der Waals surface area contributed by atoms with Gasteiger partial charge in [0.1, 0.15) is 11.6 Å². The van der Waals surface area contributed by atoms with Crippen molar-refractivity contribution < 1.29 is 4.74 Å². The molecule has 0 bridgehead atoms. The number of nitrogens with zero attached hydrogens (tertiary/aromatic N) is 2. The molecule has 0 saturated carbocycles. The van der Waals surface area contributed by atoms with Crippen LogP contribution in [-0.2, 0) is 0 Å². The minimum atomic E-state index is 0.149. The lowest BCUT2D eigenvalue weighted by Gasteiger charge is -2.12. The van der Waals surface area contributed by atoms with Gasteiger partial charge in [0, 0.05) is 28.2 Å². The monoisotopic (exact) mass is 368 g/mol. The molecule has 0 unspecified atom stereocenters. The summed E-state index contributed by atoms with van der Waals surface area (Å²) in [7, 11) is 0. The zero-order valence-corrected chi connectivity index (χ0v) is 15.7. The molecule has 0 atom stereocenters. The topological polar surface area (TPSA) is 59.1 Å². The zero-order valence-electron chi connectivity index (χ0n) is 15.0. The highest BCUT2D eigenvalue weighted by molar-refractivity contribution is 6.30. The molecule has 2 N–H and O–H groups in total. The van der Waals surface area contributed by atoms with E-state index in [4.69, 9.17) is 16.3 Å². The Morgan fingerprint density at radius 3 is 2.15 bits per heavy atom. The number of hydrogen-bond acceptors (Lipinski definition) is 5. The van der Waals surface area contributed by atoms with Crippen molar-refractivity contribution in [1.82, 2.24) is 9.97 Å². The molecule has 0 radical (unpaired) electrons. The molecule has 0 aliphatic carbocycles.